The normalized spacial score (nSPS) is 12.7. The first-order chi connectivity index (χ1) is 11.0. The Balaban J connectivity index is 2.16. The predicted octanol–water partition coefficient (Wildman–Crippen LogP) is 0.538. The topological polar surface area (TPSA) is 94.4 Å². The average molecular weight is 326 g/mol. The van der Waals surface area contributed by atoms with Crippen molar-refractivity contribution >= 4 is 29.1 Å². The van der Waals surface area contributed by atoms with Gasteiger partial charge in [0.2, 0.25) is 0 Å². The number of nitrogens with zero attached hydrogens (tertiary/aromatic N) is 1. The molecule has 0 amide bonds. The Bertz CT molecular complexity index is 1080. The third-order valence-corrected chi connectivity index (χ3v) is 3.92. The van der Waals surface area contributed by atoms with Gasteiger partial charge in [-0.1, -0.05) is 6.58 Å². The number of imidazole rings is 1. The summed E-state index contributed by atoms with van der Waals surface area (Å²) in [6.45, 7) is 5.67. The molecule has 0 bridgehead atoms. The first kappa shape index (κ1) is 15.0. The quantitative estimate of drug-likeness (QED) is 0.655. The molecule has 116 valence electrons. The smallest absolute Gasteiger partial charge is 0.272 e. The molecule has 6 nitrogen and oxygen atoms in total. The molecule has 0 fully saturated rings. The molecule has 0 saturated heterocycles. The number of aromatic amines is 3. The van der Waals surface area contributed by atoms with Crippen LogP contribution in [0.5, 0.6) is 0 Å². The highest BCUT2D eigenvalue weighted by atomic mass is 32.1. The predicted molar refractivity (Wildman–Crippen MR) is 91.7 cm³/mol. The SMILES string of the molecule is C=C(C)c1[nH]cnc1/C=c1\[nH]c(=O)/c(=C/c2ccsc2)[nH]c1=O. The van der Waals surface area contributed by atoms with Crippen LogP contribution in [0.25, 0.3) is 17.7 Å². The van der Waals surface area contributed by atoms with E-state index >= 15 is 0 Å². The van der Waals surface area contributed by atoms with E-state index in [1.54, 1.807) is 6.08 Å². The molecular weight excluding hydrogens is 312 g/mol. The first-order valence-electron chi connectivity index (χ1n) is 6.82. The van der Waals surface area contributed by atoms with Gasteiger partial charge in [0.15, 0.2) is 0 Å². The molecule has 3 aromatic heterocycles. The molecule has 3 aromatic rings. The van der Waals surface area contributed by atoms with Crippen LogP contribution in [0, 0.1) is 0 Å². The van der Waals surface area contributed by atoms with Gasteiger partial charge in [-0.15, -0.1) is 0 Å². The van der Waals surface area contributed by atoms with Crippen molar-refractivity contribution < 1.29 is 0 Å². The van der Waals surface area contributed by atoms with Crippen molar-refractivity contribution in [2.45, 2.75) is 6.92 Å². The van der Waals surface area contributed by atoms with E-state index in [2.05, 4.69) is 26.5 Å². The van der Waals surface area contributed by atoms with E-state index in [4.69, 9.17) is 0 Å². The molecule has 0 aliphatic heterocycles. The van der Waals surface area contributed by atoms with E-state index in [-0.39, 0.29) is 21.8 Å². The lowest BCUT2D eigenvalue weighted by Crippen LogP contribution is -2.46. The van der Waals surface area contributed by atoms with Crippen molar-refractivity contribution in [3.8, 4) is 0 Å². The lowest BCUT2D eigenvalue weighted by Gasteiger charge is -1.96. The maximum atomic E-state index is 12.2. The Morgan fingerprint density at radius 2 is 1.91 bits per heavy atom. The number of allylic oxidation sites excluding steroid dienone is 1. The van der Waals surface area contributed by atoms with Crippen LogP contribution in [0.3, 0.4) is 0 Å². The first-order valence-corrected chi connectivity index (χ1v) is 7.76. The molecule has 7 heteroatoms. The summed E-state index contributed by atoms with van der Waals surface area (Å²) in [6, 6.07) is 1.87. The van der Waals surface area contributed by atoms with Crippen LogP contribution >= 0.6 is 11.3 Å². The molecule has 0 radical (unpaired) electrons. The maximum Gasteiger partial charge on any atom is 0.272 e. The summed E-state index contributed by atoms with van der Waals surface area (Å²) in [4.78, 5) is 36.6. The van der Waals surface area contributed by atoms with Crippen LogP contribution in [-0.4, -0.2) is 19.9 Å². The molecule has 0 unspecified atom stereocenters. The number of hydrogen-bond donors (Lipinski definition) is 3. The van der Waals surface area contributed by atoms with Gasteiger partial charge >= 0.3 is 0 Å². The molecule has 3 N–H and O–H groups in total. The van der Waals surface area contributed by atoms with E-state index < -0.39 is 0 Å². The van der Waals surface area contributed by atoms with Crippen LogP contribution < -0.4 is 21.8 Å². The molecule has 0 saturated carbocycles. The number of H-pyrrole nitrogens is 3. The van der Waals surface area contributed by atoms with Crippen molar-refractivity contribution in [3.63, 3.8) is 0 Å². The molecule has 0 aliphatic rings. The van der Waals surface area contributed by atoms with Crippen LogP contribution in [0.4, 0.5) is 0 Å². The Morgan fingerprint density at radius 3 is 2.52 bits per heavy atom. The summed E-state index contributed by atoms with van der Waals surface area (Å²) < 4.78 is 0. The van der Waals surface area contributed by atoms with E-state index in [0.29, 0.717) is 5.69 Å². The average Bonchev–Trinajstić information content (AvgIpc) is 3.15. The highest BCUT2D eigenvalue weighted by Crippen LogP contribution is 2.12. The Labute approximate surface area is 134 Å². The Hall–Kier alpha value is -2.93. The van der Waals surface area contributed by atoms with Gasteiger partial charge in [0.1, 0.15) is 10.7 Å². The minimum absolute atomic E-state index is 0.145. The highest BCUT2D eigenvalue weighted by Gasteiger charge is 2.04. The zero-order valence-electron chi connectivity index (χ0n) is 12.3. The van der Waals surface area contributed by atoms with Gasteiger partial charge in [-0.25, -0.2) is 4.98 Å². The molecule has 0 aromatic carbocycles. The lowest BCUT2D eigenvalue weighted by molar-refractivity contribution is 1.00. The van der Waals surface area contributed by atoms with Crippen molar-refractivity contribution in [2.24, 2.45) is 0 Å². The highest BCUT2D eigenvalue weighted by molar-refractivity contribution is 7.08. The Kier molecular flexibility index (Phi) is 3.94. The van der Waals surface area contributed by atoms with Gasteiger partial charge in [0.05, 0.1) is 17.7 Å². The summed E-state index contributed by atoms with van der Waals surface area (Å²) in [5, 5.41) is 4.15. The fourth-order valence-electron chi connectivity index (χ4n) is 2.11. The van der Waals surface area contributed by atoms with Crippen LogP contribution in [0.2, 0.25) is 0 Å². The molecule has 3 rings (SSSR count). The number of hydrogen-bond acceptors (Lipinski definition) is 4. The maximum absolute atomic E-state index is 12.2. The number of thiophene rings is 1. The second-order valence-corrected chi connectivity index (χ2v) is 5.80. The number of rotatable bonds is 3. The van der Waals surface area contributed by atoms with Gasteiger partial charge in [-0.2, -0.15) is 11.3 Å². The van der Waals surface area contributed by atoms with E-state index in [9.17, 15) is 9.59 Å². The van der Waals surface area contributed by atoms with Gasteiger partial charge in [0, 0.05) is 0 Å². The van der Waals surface area contributed by atoms with E-state index in [1.807, 2.05) is 23.8 Å². The number of nitrogens with one attached hydrogen (secondary N) is 3. The monoisotopic (exact) mass is 326 g/mol. The summed E-state index contributed by atoms with van der Waals surface area (Å²) in [5.41, 5.74) is 2.17. The minimum Gasteiger partial charge on any atom is -0.344 e. The standard InChI is InChI=1S/C16H14N4O2S/c1-9(2)14-11(17-8-18-14)6-13-16(22)19-12(15(21)20-13)5-10-3-4-23-7-10/h3-8H,1H2,2H3,(H,17,18)(H,19,22)(H,20,21)/b12-5-,13-6-. The fourth-order valence-corrected chi connectivity index (χ4v) is 2.73. The third-order valence-electron chi connectivity index (χ3n) is 3.22. The largest absolute Gasteiger partial charge is 0.344 e. The van der Waals surface area contributed by atoms with E-state index in [1.165, 1.54) is 23.7 Å². The second-order valence-electron chi connectivity index (χ2n) is 5.02. The van der Waals surface area contributed by atoms with Crippen molar-refractivity contribution in [3.05, 3.63) is 78.1 Å². The molecule has 0 spiro atoms. The summed E-state index contributed by atoms with van der Waals surface area (Å²) in [6.07, 6.45) is 4.67. The van der Waals surface area contributed by atoms with Gasteiger partial charge in [-0.3, -0.25) is 9.59 Å². The molecule has 3 heterocycles. The van der Waals surface area contributed by atoms with Gasteiger partial charge < -0.3 is 15.0 Å². The minimum atomic E-state index is -0.387. The van der Waals surface area contributed by atoms with Crippen molar-refractivity contribution in [2.75, 3.05) is 0 Å². The van der Waals surface area contributed by atoms with Gasteiger partial charge in [-0.05, 0) is 47.0 Å². The summed E-state index contributed by atoms with van der Waals surface area (Å²) >= 11 is 1.52. The molecule has 0 aliphatic carbocycles. The third kappa shape index (κ3) is 3.14. The Morgan fingerprint density at radius 1 is 1.22 bits per heavy atom. The summed E-state index contributed by atoms with van der Waals surface area (Å²) in [7, 11) is 0. The molecule has 0 atom stereocenters. The fraction of sp³-hybridized carbons (Fsp3) is 0.0625. The number of aromatic nitrogens is 4. The van der Waals surface area contributed by atoms with Crippen LogP contribution in [-0.2, 0) is 0 Å². The van der Waals surface area contributed by atoms with E-state index in [0.717, 1.165) is 16.8 Å². The van der Waals surface area contributed by atoms with Crippen LogP contribution in [0.15, 0.2) is 39.3 Å². The van der Waals surface area contributed by atoms with Crippen molar-refractivity contribution in [1.29, 1.82) is 0 Å². The summed E-state index contributed by atoms with van der Waals surface area (Å²) in [5.74, 6) is 0. The second kappa shape index (κ2) is 6.05. The van der Waals surface area contributed by atoms with Crippen molar-refractivity contribution in [1.82, 2.24) is 19.9 Å². The zero-order chi connectivity index (χ0) is 16.4. The van der Waals surface area contributed by atoms with Crippen LogP contribution in [0.1, 0.15) is 23.9 Å². The lowest BCUT2D eigenvalue weighted by atomic mass is 10.2. The molecular formula is C16H14N4O2S. The molecule has 23 heavy (non-hydrogen) atoms. The zero-order valence-corrected chi connectivity index (χ0v) is 13.2. The van der Waals surface area contributed by atoms with Gasteiger partial charge in [0.25, 0.3) is 11.1 Å².